The first-order valence-corrected chi connectivity index (χ1v) is 6.40. The minimum Gasteiger partial charge on any atom is -0.493 e. The smallest absolute Gasteiger partial charge is 0.122 e. The van der Waals surface area contributed by atoms with E-state index in [1.807, 2.05) is 18.2 Å². The number of hydrogen-bond donors (Lipinski definition) is 2. The standard InChI is InChI=1S/C14H22N2O/c1-11-4-2-3-5-14(11)17-10-13(8-15)12-6-7-16-9-12/h2-5,12-13,16H,6-10,15H2,1H3. The van der Waals surface area contributed by atoms with Crippen LogP contribution in [0.2, 0.25) is 0 Å². The van der Waals surface area contributed by atoms with E-state index in [0.29, 0.717) is 18.4 Å². The maximum Gasteiger partial charge on any atom is 0.122 e. The molecule has 0 aliphatic carbocycles. The molecule has 1 saturated heterocycles. The Bertz CT molecular complexity index is 348. The van der Waals surface area contributed by atoms with Crippen molar-refractivity contribution < 1.29 is 4.74 Å². The van der Waals surface area contributed by atoms with E-state index < -0.39 is 0 Å². The van der Waals surface area contributed by atoms with Gasteiger partial charge in [0.1, 0.15) is 5.75 Å². The Kier molecular flexibility index (Phi) is 4.40. The Balaban J connectivity index is 1.89. The average molecular weight is 234 g/mol. The first-order valence-electron chi connectivity index (χ1n) is 6.40. The van der Waals surface area contributed by atoms with Gasteiger partial charge in [-0.3, -0.25) is 0 Å². The van der Waals surface area contributed by atoms with Crippen LogP contribution in [0, 0.1) is 18.8 Å². The van der Waals surface area contributed by atoms with Gasteiger partial charge in [-0.25, -0.2) is 0 Å². The first kappa shape index (κ1) is 12.4. The van der Waals surface area contributed by atoms with Gasteiger partial charge >= 0.3 is 0 Å². The molecule has 0 radical (unpaired) electrons. The zero-order chi connectivity index (χ0) is 12.1. The quantitative estimate of drug-likeness (QED) is 0.813. The van der Waals surface area contributed by atoms with Gasteiger partial charge in [-0.2, -0.15) is 0 Å². The van der Waals surface area contributed by atoms with Gasteiger partial charge in [0, 0.05) is 5.92 Å². The molecule has 2 atom stereocenters. The fourth-order valence-electron chi connectivity index (χ4n) is 2.39. The molecular formula is C14H22N2O. The molecule has 0 saturated carbocycles. The van der Waals surface area contributed by atoms with Gasteiger partial charge in [-0.15, -0.1) is 0 Å². The Hall–Kier alpha value is -1.06. The molecule has 2 rings (SSSR count). The highest BCUT2D eigenvalue weighted by atomic mass is 16.5. The zero-order valence-electron chi connectivity index (χ0n) is 10.5. The number of para-hydroxylation sites is 1. The van der Waals surface area contributed by atoms with Crippen molar-refractivity contribution >= 4 is 0 Å². The Labute approximate surface area is 103 Å². The van der Waals surface area contributed by atoms with Crippen LogP contribution in [0.3, 0.4) is 0 Å². The highest BCUT2D eigenvalue weighted by Crippen LogP contribution is 2.22. The number of aryl methyl sites for hydroxylation is 1. The monoisotopic (exact) mass is 234 g/mol. The van der Waals surface area contributed by atoms with E-state index in [1.165, 1.54) is 12.0 Å². The van der Waals surface area contributed by atoms with E-state index in [4.69, 9.17) is 10.5 Å². The molecule has 17 heavy (non-hydrogen) atoms. The minimum absolute atomic E-state index is 0.463. The third kappa shape index (κ3) is 3.20. The molecule has 0 bridgehead atoms. The molecule has 94 valence electrons. The van der Waals surface area contributed by atoms with E-state index in [-0.39, 0.29) is 0 Å². The predicted octanol–water partition coefficient (Wildman–Crippen LogP) is 1.56. The lowest BCUT2D eigenvalue weighted by molar-refractivity contribution is 0.205. The number of rotatable bonds is 5. The topological polar surface area (TPSA) is 47.3 Å². The second-order valence-electron chi connectivity index (χ2n) is 4.83. The van der Waals surface area contributed by atoms with Crippen molar-refractivity contribution in [2.24, 2.45) is 17.6 Å². The van der Waals surface area contributed by atoms with Crippen LogP contribution in [0.1, 0.15) is 12.0 Å². The molecule has 2 unspecified atom stereocenters. The largest absolute Gasteiger partial charge is 0.493 e. The summed E-state index contributed by atoms with van der Waals surface area (Å²) in [6.45, 7) is 5.71. The van der Waals surface area contributed by atoms with Gasteiger partial charge in [0.25, 0.3) is 0 Å². The van der Waals surface area contributed by atoms with E-state index in [9.17, 15) is 0 Å². The maximum absolute atomic E-state index is 5.89. The van der Waals surface area contributed by atoms with Gasteiger partial charge in [-0.05, 0) is 50.5 Å². The SMILES string of the molecule is Cc1ccccc1OCC(CN)C1CCNC1. The average Bonchev–Trinajstić information content (AvgIpc) is 2.86. The number of benzene rings is 1. The lowest BCUT2D eigenvalue weighted by Gasteiger charge is -2.22. The van der Waals surface area contributed by atoms with E-state index in [0.717, 1.165) is 25.4 Å². The number of nitrogens with two attached hydrogens (primary N) is 1. The third-order valence-electron chi connectivity index (χ3n) is 3.61. The van der Waals surface area contributed by atoms with Gasteiger partial charge in [0.2, 0.25) is 0 Å². The van der Waals surface area contributed by atoms with Crippen molar-refractivity contribution in [1.29, 1.82) is 0 Å². The molecule has 1 aromatic rings. The van der Waals surface area contributed by atoms with Crippen LogP contribution in [0.25, 0.3) is 0 Å². The highest BCUT2D eigenvalue weighted by molar-refractivity contribution is 5.31. The van der Waals surface area contributed by atoms with Crippen LogP contribution in [-0.4, -0.2) is 26.2 Å². The molecule has 1 aromatic carbocycles. The number of ether oxygens (including phenoxy) is 1. The summed E-state index contributed by atoms with van der Waals surface area (Å²) in [6.07, 6.45) is 1.22. The minimum atomic E-state index is 0.463. The molecule has 0 aromatic heterocycles. The van der Waals surface area contributed by atoms with Crippen LogP contribution < -0.4 is 15.8 Å². The fourth-order valence-corrected chi connectivity index (χ4v) is 2.39. The van der Waals surface area contributed by atoms with Crippen molar-refractivity contribution in [2.75, 3.05) is 26.2 Å². The molecule has 3 nitrogen and oxygen atoms in total. The molecule has 3 N–H and O–H groups in total. The highest BCUT2D eigenvalue weighted by Gasteiger charge is 2.24. The lowest BCUT2D eigenvalue weighted by atomic mass is 9.92. The van der Waals surface area contributed by atoms with Crippen molar-refractivity contribution in [3.05, 3.63) is 29.8 Å². The predicted molar refractivity (Wildman–Crippen MR) is 70.2 cm³/mol. The molecule has 1 fully saturated rings. The van der Waals surface area contributed by atoms with Crippen LogP contribution in [0.5, 0.6) is 5.75 Å². The van der Waals surface area contributed by atoms with Gasteiger partial charge < -0.3 is 15.8 Å². The second kappa shape index (κ2) is 6.03. The summed E-state index contributed by atoms with van der Waals surface area (Å²) in [5.74, 6) is 2.12. The summed E-state index contributed by atoms with van der Waals surface area (Å²) in [7, 11) is 0. The third-order valence-corrected chi connectivity index (χ3v) is 3.61. The summed E-state index contributed by atoms with van der Waals surface area (Å²) in [5, 5.41) is 3.39. The van der Waals surface area contributed by atoms with Gasteiger partial charge in [0.15, 0.2) is 0 Å². The van der Waals surface area contributed by atoms with Crippen LogP contribution in [-0.2, 0) is 0 Å². The van der Waals surface area contributed by atoms with Crippen molar-refractivity contribution in [1.82, 2.24) is 5.32 Å². The second-order valence-corrected chi connectivity index (χ2v) is 4.83. The Morgan fingerprint density at radius 1 is 1.47 bits per heavy atom. The normalized spacial score (nSPS) is 21.4. The van der Waals surface area contributed by atoms with E-state index >= 15 is 0 Å². The molecule has 3 heteroatoms. The van der Waals surface area contributed by atoms with Crippen molar-refractivity contribution in [3.63, 3.8) is 0 Å². The molecule has 1 heterocycles. The molecular weight excluding hydrogens is 212 g/mol. The van der Waals surface area contributed by atoms with Crippen LogP contribution in [0.4, 0.5) is 0 Å². The number of nitrogens with one attached hydrogen (secondary N) is 1. The molecule has 0 spiro atoms. The fraction of sp³-hybridized carbons (Fsp3) is 0.571. The summed E-state index contributed by atoms with van der Waals surface area (Å²) in [6, 6.07) is 8.14. The lowest BCUT2D eigenvalue weighted by Crippen LogP contribution is -2.30. The van der Waals surface area contributed by atoms with Crippen molar-refractivity contribution in [2.45, 2.75) is 13.3 Å². The molecule has 1 aliphatic heterocycles. The van der Waals surface area contributed by atoms with E-state index in [2.05, 4.69) is 18.3 Å². The maximum atomic E-state index is 5.89. The Morgan fingerprint density at radius 2 is 2.29 bits per heavy atom. The summed E-state index contributed by atoms with van der Waals surface area (Å²) < 4.78 is 5.89. The number of hydrogen-bond acceptors (Lipinski definition) is 3. The summed E-state index contributed by atoms with van der Waals surface area (Å²) in [4.78, 5) is 0. The molecule has 0 amide bonds. The Morgan fingerprint density at radius 3 is 2.94 bits per heavy atom. The van der Waals surface area contributed by atoms with Gasteiger partial charge in [-0.1, -0.05) is 18.2 Å². The van der Waals surface area contributed by atoms with Crippen LogP contribution >= 0.6 is 0 Å². The van der Waals surface area contributed by atoms with E-state index in [1.54, 1.807) is 0 Å². The summed E-state index contributed by atoms with van der Waals surface area (Å²) in [5.41, 5.74) is 7.03. The molecule has 1 aliphatic rings. The van der Waals surface area contributed by atoms with Gasteiger partial charge in [0.05, 0.1) is 6.61 Å². The first-order chi connectivity index (χ1) is 8.31. The summed E-state index contributed by atoms with van der Waals surface area (Å²) >= 11 is 0. The van der Waals surface area contributed by atoms with Crippen molar-refractivity contribution in [3.8, 4) is 5.75 Å². The van der Waals surface area contributed by atoms with Crippen LogP contribution in [0.15, 0.2) is 24.3 Å². The zero-order valence-corrected chi connectivity index (χ0v) is 10.5.